The van der Waals surface area contributed by atoms with E-state index in [1.165, 1.54) is 12.0 Å². The van der Waals surface area contributed by atoms with Gasteiger partial charge in [-0.3, -0.25) is 0 Å². The fourth-order valence-electron chi connectivity index (χ4n) is 1.56. The molecule has 1 unspecified atom stereocenters. The first-order valence-electron chi connectivity index (χ1n) is 4.91. The summed E-state index contributed by atoms with van der Waals surface area (Å²) in [6.45, 7) is 7.11. The Kier molecular flexibility index (Phi) is 3.39. The number of ether oxygens (including phenoxy) is 1. The van der Waals surface area contributed by atoms with E-state index >= 15 is 0 Å². The second kappa shape index (κ2) is 4.34. The standard InChI is InChI=1S/C9H12O.C2H6/c1-7-6-10-9-5-3-2-4-8(7)9;1-2/h4-5,7H,2-3,6H2,1H3;1-2H3. The van der Waals surface area contributed by atoms with E-state index in [-0.39, 0.29) is 0 Å². The van der Waals surface area contributed by atoms with Crippen LogP contribution < -0.4 is 0 Å². The SMILES string of the molecule is CC.CC1COC2=CCCC=C21. The van der Waals surface area contributed by atoms with Crippen LogP contribution in [0.15, 0.2) is 23.5 Å². The third-order valence-electron chi connectivity index (χ3n) is 2.16. The zero-order valence-electron chi connectivity index (χ0n) is 8.26. The van der Waals surface area contributed by atoms with Crippen LogP contribution in [0.3, 0.4) is 0 Å². The lowest BCUT2D eigenvalue weighted by Crippen LogP contribution is -1.95. The third kappa shape index (κ3) is 1.71. The van der Waals surface area contributed by atoms with Crippen LogP contribution in [0.25, 0.3) is 0 Å². The van der Waals surface area contributed by atoms with Gasteiger partial charge in [0.05, 0.1) is 6.61 Å². The van der Waals surface area contributed by atoms with Crippen molar-refractivity contribution in [2.24, 2.45) is 5.92 Å². The summed E-state index contributed by atoms with van der Waals surface area (Å²) in [5.74, 6) is 1.78. The van der Waals surface area contributed by atoms with Crippen molar-refractivity contribution in [3.05, 3.63) is 23.5 Å². The highest BCUT2D eigenvalue weighted by Gasteiger charge is 2.23. The Morgan fingerprint density at radius 2 is 1.92 bits per heavy atom. The molecule has 2 aliphatic rings. The van der Waals surface area contributed by atoms with Gasteiger partial charge < -0.3 is 4.74 Å². The maximum atomic E-state index is 5.46. The summed E-state index contributed by atoms with van der Waals surface area (Å²) >= 11 is 0. The first-order chi connectivity index (χ1) is 5.88. The van der Waals surface area contributed by atoms with Gasteiger partial charge in [0.2, 0.25) is 0 Å². The molecule has 1 fully saturated rings. The molecule has 0 saturated carbocycles. The molecule has 12 heavy (non-hydrogen) atoms. The summed E-state index contributed by atoms with van der Waals surface area (Å²) in [5, 5.41) is 0. The Labute approximate surface area is 75.1 Å². The van der Waals surface area contributed by atoms with Crippen LogP contribution in [0, 0.1) is 5.92 Å². The normalized spacial score (nSPS) is 25.8. The Morgan fingerprint density at radius 1 is 1.25 bits per heavy atom. The molecular weight excluding hydrogens is 148 g/mol. The van der Waals surface area contributed by atoms with Crippen LogP contribution in [0.4, 0.5) is 0 Å². The maximum absolute atomic E-state index is 5.46. The topological polar surface area (TPSA) is 9.23 Å². The van der Waals surface area contributed by atoms with Gasteiger partial charge in [0.25, 0.3) is 0 Å². The predicted molar refractivity (Wildman–Crippen MR) is 51.9 cm³/mol. The van der Waals surface area contributed by atoms with Crippen LogP contribution in [-0.2, 0) is 4.74 Å². The molecule has 0 bridgehead atoms. The molecule has 0 N–H and O–H groups in total. The van der Waals surface area contributed by atoms with Gasteiger partial charge in [-0.25, -0.2) is 0 Å². The van der Waals surface area contributed by atoms with E-state index < -0.39 is 0 Å². The Balaban J connectivity index is 0.000000336. The smallest absolute Gasteiger partial charge is 0.118 e. The van der Waals surface area contributed by atoms with Crippen molar-refractivity contribution >= 4 is 0 Å². The first kappa shape index (κ1) is 9.37. The van der Waals surface area contributed by atoms with Gasteiger partial charge in [0.1, 0.15) is 5.76 Å². The molecule has 1 heteroatoms. The minimum Gasteiger partial charge on any atom is -0.493 e. The zero-order chi connectivity index (χ0) is 8.97. The van der Waals surface area contributed by atoms with Crippen molar-refractivity contribution in [1.82, 2.24) is 0 Å². The van der Waals surface area contributed by atoms with Crippen molar-refractivity contribution in [3.63, 3.8) is 0 Å². The Bertz CT molecular complexity index is 201. The minimum absolute atomic E-state index is 0.631. The number of fused-ring (bicyclic) bond motifs is 1. The van der Waals surface area contributed by atoms with Crippen molar-refractivity contribution < 1.29 is 4.74 Å². The molecule has 2 rings (SSSR count). The van der Waals surface area contributed by atoms with Crippen LogP contribution in [0.5, 0.6) is 0 Å². The number of rotatable bonds is 0. The molecule has 0 radical (unpaired) electrons. The molecule has 1 saturated heterocycles. The Hall–Kier alpha value is -0.720. The Morgan fingerprint density at radius 3 is 2.58 bits per heavy atom. The van der Waals surface area contributed by atoms with Crippen molar-refractivity contribution in [1.29, 1.82) is 0 Å². The van der Waals surface area contributed by atoms with Crippen LogP contribution in [0.1, 0.15) is 33.6 Å². The lowest BCUT2D eigenvalue weighted by Gasteiger charge is -2.06. The molecule has 1 heterocycles. The molecule has 0 aromatic heterocycles. The molecular formula is C11H18O. The van der Waals surface area contributed by atoms with E-state index in [0.717, 1.165) is 18.8 Å². The van der Waals surface area contributed by atoms with Crippen LogP contribution in [-0.4, -0.2) is 6.61 Å². The maximum Gasteiger partial charge on any atom is 0.118 e. The van der Waals surface area contributed by atoms with Crippen molar-refractivity contribution in [2.75, 3.05) is 6.61 Å². The van der Waals surface area contributed by atoms with Crippen molar-refractivity contribution in [2.45, 2.75) is 33.6 Å². The fraction of sp³-hybridized carbons (Fsp3) is 0.636. The lowest BCUT2D eigenvalue weighted by atomic mass is 9.97. The summed E-state index contributed by atoms with van der Waals surface area (Å²) in [4.78, 5) is 0. The number of hydrogen-bond donors (Lipinski definition) is 0. The van der Waals surface area contributed by atoms with E-state index in [9.17, 15) is 0 Å². The average Bonchev–Trinajstić information content (AvgIpc) is 2.53. The van der Waals surface area contributed by atoms with Gasteiger partial charge >= 0.3 is 0 Å². The molecule has 0 amide bonds. The van der Waals surface area contributed by atoms with Gasteiger partial charge in [0, 0.05) is 5.92 Å². The molecule has 68 valence electrons. The molecule has 1 aliphatic heterocycles. The quantitative estimate of drug-likeness (QED) is 0.536. The molecule has 1 aliphatic carbocycles. The average molecular weight is 166 g/mol. The largest absolute Gasteiger partial charge is 0.493 e. The summed E-state index contributed by atoms with van der Waals surface area (Å²) in [6.07, 6.45) is 6.88. The summed E-state index contributed by atoms with van der Waals surface area (Å²) in [7, 11) is 0. The molecule has 0 spiro atoms. The number of hydrogen-bond acceptors (Lipinski definition) is 1. The van der Waals surface area contributed by atoms with E-state index in [4.69, 9.17) is 4.74 Å². The van der Waals surface area contributed by atoms with Gasteiger partial charge in [-0.1, -0.05) is 26.8 Å². The van der Waals surface area contributed by atoms with E-state index in [1.54, 1.807) is 0 Å². The highest BCUT2D eigenvalue weighted by Crippen LogP contribution is 2.32. The fourth-order valence-corrected chi connectivity index (χ4v) is 1.56. The van der Waals surface area contributed by atoms with Gasteiger partial charge in [-0.15, -0.1) is 0 Å². The van der Waals surface area contributed by atoms with E-state index in [1.807, 2.05) is 13.8 Å². The first-order valence-corrected chi connectivity index (χ1v) is 4.91. The minimum atomic E-state index is 0.631. The predicted octanol–water partition coefficient (Wildman–Crippen LogP) is 3.28. The lowest BCUT2D eigenvalue weighted by molar-refractivity contribution is 0.244. The third-order valence-corrected chi connectivity index (χ3v) is 2.16. The number of allylic oxidation sites excluding steroid dienone is 3. The highest BCUT2D eigenvalue weighted by molar-refractivity contribution is 5.33. The van der Waals surface area contributed by atoms with Crippen LogP contribution >= 0.6 is 0 Å². The molecule has 1 atom stereocenters. The zero-order valence-corrected chi connectivity index (χ0v) is 8.26. The summed E-state index contributed by atoms with van der Waals surface area (Å²) in [6, 6.07) is 0. The second-order valence-electron chi connectivity index (χ2n) is 3.02. The monoisotopic (exact) mass is 166 g/mol. The molecule has 1 nitrogen and oxygen atoms in total. The molecule has 0 aromatic carbocycles. The van der Waals surface area contributed by atoms with Crippen molar-refractivity contribution in [3.8, 4) is 0 Å². The highest BCUT2D eigenvalue weighted by atomic mass is 16.5. The van der Waals surface area contributed by atoms with Gasteiger partial charge in [-0.2, -0.15) is 0 Å². The second-order valence-corrected chi connectivity index (χ2v) is 3.02. The molecule has 0 aromatic rings. The van der Waals surface area contributed by atoms with Gasteiger partial charge in [-0.05, 0) is 24.5 Å². The van der Waals surface area contributed by atoms with E-state index in [0.29, 0.717) is 5.92 Å². The van der Waals surface area contributed by atoms with E-state index in [2.05, 4.69) is 19.1 Å². The summed E-state index contributed by atoms with van der Waals surface area (Å²) in [5.41, 5.74) is 1.44. The summed E-state index contributed by atoms with van der Waals surface area (Å²) < 4.78 is 5.46. The van der Waals surface area contributed by atoms with Crippen LogP contribution in [0.2, 0.25) is 0 Å². The van der Waals surface area contributed by atoms with Gasteiger partial charge in [0.15, 0.2) is 0 Å².